The Morgan fingerprint density at radius 2 is 1.88 bits per heavy atom. The van der Waals surface area contributed by atoms with Crippen LogP contribution in [0.25, 0.3) is 0 Å². The number of nitrogens with zero attached hydrogens (tertiary/aromatic N) is 3. The smallest absolute Gasteiger partial charge is 0.222 e. The lowest BCUT2D eigenvalue weighted by molar-refractivity contribution is 0.0378. The number of nitrogens with one attached hydrogen (secondary N) is 1. The fourth-order valence-electron chi connectivity index (χ4n) is 2.66. The minimum absolute atomic E-state index is 0.656. The molecule has 1 aromatic carbocycles. The summed E-state index contributed by atoms with van der Waals surface area (Å²) < 4.78 is 5.35. The second kappa shape index (κ2) is 9.16. The molecule has 5 heteroatoms. The van der Waals surface area contributed by atoms with Crippen LogP contribution in [0.1, 0.15) is 23.1 Å². The van der Waals surface area contributed by atoms with E-state index in [0.29, 0.717) is 5.95 Å². The van der Waals surface area contributed by atoms with E-state index in [1.165, 1.54) is 5.56 Å². The standard InChI is InChI=1S/C20H24N4O/c1-17-5-2-3-6-19(17)8-7-18-15-22-20(23-16-18)21-9-4-10-24-11-13-25-14-12-24/h2-3,5-6,15-16H,4,9-14H2,1H3,(H,21,22,23). The Balaban J connectivity index is 1.45. The third-order valence-electron chi connectivity index (χ3n) is 4.18. The molecule has 0 amide bonds. The normalized spacial score (nSPS) is 14.6. The van der Waals surface area contributed by atoms with Gasteiger partial charge in [-0.2, -0.15) is 0 Å². The van der Waals surface area contributed by atoms with Crippen molar-refractivity contribution in [2.75, 3.05) is 44.7 Å². The largest absolute Gasteiger partial charge is 0.379 e. The van der Waals surface area contributed by atoms with Gasteiger partial charge in [0.1, 0.15) is 0 Å². The van der Waals surface area contributed by atoms with Crippen LogP contribution in [-0.4, -0.2) is 54.3 Å². The predicted molar refractivity (Wildman–Crippen MR) is 99.6 cm³/mol. The summed E-state index contributed by atoms with van der Waals surface area (Å²) in [6.45, 7) is 7.77. The summed E-state index contributed by atoms with van der Waals surface area (Å²) in [6, 6.07) is 8.10. The number of aromatic nitrogens is 2. The van der Waals surface area contributed by atoms with Crippen LogP contribution in [0.15, 0.2) is 36.7 Å². The maximum atomic E-state index is 5.35. The molecule has 25 heavy (non-hydrogen) atoms. The van der Waals surface area contributed by atoms with Crippen LogP contribution in [0, 0.1) is 18.8 Å². The molecule has 0 aliphatic carbocycles. The number of rotatable bonds is 5. The molecule has 5 nitrogen and oxygen atoms in total. The number of morpholine rings is 1. The monoisotopic (exact) mass is 336 g/mol. The highest BCUT2D eigenvalue weighted by Gasteiger charge is 2.09. The molecule has 1 N–H and O–H groups in total. The zero-order valence-electron chi connectivity index (χ0n) is 14.7. The van der Waals surface area contributed by atoms with E-state index in [1.54, 1.807) is 12.4 Å². The molecule has 1 aromatic heterocycles. The van der Waals surface area contributed by atoms with Crippen molar-refractivity contribution in [3.05, 3.63) is 53.3 Å². The van der Waals surface area contributed by atoms with Crippen LogP contribution < -0.4 is 5.32 Å². The number of benzene rings is 1. The number of anilines is 1. The average molecular weight is 336 g/mol. The van der Waals surface area contributed by atoms with Gasteiger partial charge < -0.3 is 10.1 Å². The second-order valence-electron chi connectivity index (χ2n) is 6.09. The summed E-state index contributed by atoms with van der Waals surface area (Å²) in [5.74, 6) is 6.95. The lowest BCUT2D eigenvalue weighted by Crippen LogP contribution is -2.37. The van der Waals surface area contributed by atoms with Crippen molar-refractivity contribution < 1.29 is 4.74 Å². The molecule has 1 aliphatic rings. The summed E-state index contributed by atoms with van der Waals surface area (Å²) in [6.07, 6.45) is 4.60. The average Bonchev–Trinajstić information content (AvgIpc) is 2.66. The lowest BCUT2D eigenvalue weighted by atomic mass is 10.1. The van der Waals surface area contributed by atoms with E-state index in [4.69, 9.17) is 4.74 Å². The Hall–Kier alpha value is -2.42. The van der Waals surface area contributed by atoms with Gasteiger partial charge in [0.05, 0.1) is 18.8 Å². The van der Waals surface area contributed by atoms with Crippen LogP contribution >= 0.6 is 0 Å². The molecule has 0 radical (unpaired) electrons. The zero-order valence-corrected chi connectivity index (χ0v) is 14.7. The van der Waals surface area contributed by atoms with E-state index in [1.807, 2.05) is 18.2 Å². The van der Waals surface area contributed by atoms with Crippen molar-refractivity contribution in [2.45, 2.75) is 13.3 Å². The molecule has 1 saturated heterocycles. The van der Waals surface area contributed by atoms with Gasteiger partial charge in [-0.15, -0.1) is 0 Å². The third-order valence-corrected chi connectivity index (χ3v) is 4.18. The molecule has 1 aliphatic heterocycles. The van der Waals surface area contributed by atoms with E-state index in [-0.39, 0.29) is 0 Å². The molecule has 130 valence electrons. The summed E-state index contributed by atoms with van der Waals surface area (Å²) in [4.78, 5) is 11.1. The van der Waals surface area contributed by atoms with E-state index >= 15 is 0 Å². The Kier molecular flexibility index (Phi) is 6.38. The third kappa shape index (κ3) is 5.56. The molecule has 0 atom stereocenters. The molecule has 2 aromatic rings. The Labute approximate surface area is 149 Å². The van der Waals surface area contributed by atoms with Crippen molar-refractivity contribution in [2.24, 2.45) is 0 Å². The highest BCUT2D eigenvalue weighted by Crippen LogP contribution is 2.06. The number of ether oxygens (including phenoxy) is 1. The van der Waals surface area contributed by atoms with Gasteiger partial charge in [0, 0.05) is 37.6 Å². The summed E-state index contributed by atoms with van der Waals surface area (Å²) in [7, 11) is 0. The predicted octanol–water partition coefficient (Wildman–Crippen LogP) is 2.32. The molecular formula is C20H24N4O. The van der Waals surface area contributed by atoms with Crippen LogP contribution in [0.3, 0.4) is 0 Å². The highest BCUT2D eigenvalue weighted by atomic mass is 16.5. The van der Waals surface area contributed by atoms with Gasteiger partial charge in [-0.25, -0.2) is 9.97 Å². The van der Waals surface area contributed by atoms with Crippen molar-refractivity contribution in [3.63, 3.8) is 0 Å². The van der Waals surface area contributed by atoms with Gasteiger partial charge in [-0.3, -0.25) is 4.90 Å². The minimum Gasteiger partial charge on any atom is -0.379 e. The lowest BCUT2D eigenvalue weighted by Gasteiger charge is -2.26. The van der Waals surface area contributed by atoms with Gasteiger partial charge in [-0.1, -0.05) is 30.0 Å². The van der Waals surface area contributed by atoms with Crippen LogP contribution in [0.4, 0.5) is 5.95 Å². The maximum absolute atomic E-state index is 5.35. The van der Waals surface area contributed by atoms with Gasteiger partial charge >= 0.3 is 0 Å². The van der Waals surface area contributed by atoms with Gasteiger partial charge in [0.15, 0.2) is 0 Å². The topological polar surface area (TPSA) is 50.3 Å². The Morgan fingerprint density at radius 1 is 1.12 bits per heavy atom. The van der Waals surface area contributed by atoms with Crippen LogP contribution in [-0.2, 0) is 4.74 Å². The first-order valence-corrected chi connectivity index (χ1v) is 8.75. The van der Waals surface area contributed by atoms with Gasteiger partial charge in [0.25, 0.3) is 0 Å². The second-order valence-corrected chi connectivity index (χ2v) is 6.09. The molecule has 0 saturated carbocycles. The SMILES string of the molecule is Cc1ccccc1C#Cc1cnc(NCCCN2CCOCC2)nc1. The van der Waals surface area contributed by atoms with E-state index in [9.17, 15) is 0 Å². The van der Waals surface area contributed by atoms with E-state index < -0.39 is 0 Å². The fourth-order valence-corrected chi connectivity index (χ4v) is 2.66. The van der Waals surface area contributed by atoms with Crippen molar-refractivity contribution >= 4 is 5.95 Å². The van der Waals surface area contributed by atoms with Crippen molar-refractivity contribution in [1.29, 1.82) is 0 Å². The number of hydrogen-bond donors (Lipinski definition) is 1. The quantitative estimate of drug-likeness (QED) is 0.671. The Bertz CT molecular complexity index is 727. The molecule has 1 fully saturated rings. The first-order chi connectivity index (χ1) is 12.3. The molecular weight excluding hydrogens is 312 g/mol. The molecule has 0 bridgehead atoms. The van der Waals surface area contributed by atoms with E-state index in [0.717, 1.165) is 56.9 Å². The van der Waals surface area contributed by atoms with Gasteiger partial charge in [0.2, 0.25) is 5.95 Å². The summed E-state index contributed by atoms with van der Waals surface area (Å²) >= 11 is 0. The highest BCUT2D eigenvalue weighted by molar-refractivity contribution is 5.45. The maximum Gasteiger partial charge on any atom is 0.222 e. The van der Waals surface area contributed by atoms with Crippen molar-refractivity contribution in [1.82, 2.24) is 14.9 Å². The summed E-state index contributed by atoms with van der Waals surface area (Å²) in [5, 5.41) is 3.27. The summed E-state index contributed by atoms with van der Waals surface area (Å²) in [5.41, 5.74) is 3.03. The van der Waals surface area contributed by atoms with Crippen molar-refractivity contribution in [3.8, 4) is 11.8 Å². The van der Waals surface area contributed by atoms with E-state index in [2.05, 4.69) is 45.0 Å². The first-order valence-electron chi connectivity index (χ1n) is 8.75. The number of hydrogen-bond acceptors (Lipinski definition) is 5. The van der Waals surface area contributed by atoms with Crippen LogP contribution in [0.2, 0.25) is 0 Å². The molecule has 0 unspecified atom stereocenters. The minimum atomic E-state index is 0.656. The Morgan fingerprint density at radius 3 is 2.64 bits per heavy atom. The molecule has 3 rings (SSSR count). The van der Waals surface area contributed by atoms with Gasteiger partial charge in [-0.05, 0) is 31.5 Å². The number of aryl methyl sites for hydroxylation is 1. The fraction of sp³-hybridized carbons (Fsp3) is 0.400. The first kappa shape index (κ1) is 17.4. The zero-order chi connectivity index (χ0) is 17.3. The molecule has 2 heterocycles. The molecule has 0 spiro atoms. The van der Waals surface area contributed by atoms with Crippen LogP contribution in [0.5, 0.6) is 0 Å².